The molecule has 7 nitrogen and oxygen atoms in total. The number of H-pyrrole nitrogens is 1. The number of para-hydroxylation sites is 1. The number of aromatic amines is 1. The molecule has 0 aliphatic carbocycles. The first kappa shape index (κ1) is 14.7. The molecule has 2 N–H and O–H groups in total. The fourth-order valence-corrected chi connectivity index (χ4v) is 3.14. The lowest BCUT2D eigenvalue weighted by Crippen LogP contribution is -2.30. The molecule has 0 amide bonds. The predicted octanol–water partition coefficient (Wildman–Crippen LogP) is 3.10. The summed E-state index contributed by atoms with van der Waals surface area (Å²) in [6.07, 6.45) is 5.21. The van der Waals surface area contributed by atoms with E-state index in [0.29, 0.717) is 11.6 Å². The normalized spacial score (nSPS) is 14.8. The molecule has 3 heterocycles. The van der Waals surface area contributed by atoms with Crippen LogP contribution in [0.15, 0.2) is 30.6 Å². The number of nitrogens with one attached hydrogen (secondary N) is 2. The number of methoxy groups -OCH3 is 1. The Morgan fingerprint density at radius 1 is 1.08 bits per heavy atom. The van der Waals surface area contributed by atoms with Gasteiger partial charge in [0.2, 0.25) is 5.75 Å². The highest BCUT2D eigenvalue weighted by Gasteiger charge is 2.20. The number of nitrogens with zero attached hydrogens (tertiary/aromatic N) is 4. The molecule has 24 heavy (non-hydrogen) atoms. The number of fused-ring (bicyclic) bond motifs is 1. The first-order valence-electron chi connectivity index (χ1n) is 8.21. The van der Waals surface area contributed by atoms with Crippen molar-refractivity contribution in [1.29, 1.82) is 0 Å². The Kier molecular flexibility index (Phi) is 3.90. The average Bonchev–Trinajstić information content (AvgIpc) is 3.05. The van der Waals surface area contributed by atoms with Gasteiger partial charge < -0.3 is 15.0 Å². The van der Waals surface area contributed by atoms with Crippen molar-refractivity contribution in [3.05, 3.63) is 30.6 Å². The van der Waals surface area contributed by atoms with Gasteiger partial charge in [0, 0.05) is 18.5 Å². The lowest BCUT2D eigenvalue weighted by atomic mass is 10.1. The van der Waals surface area contributed by atoms with Gasteiger partial charge in [0.1, 0.15) is 6.33 Å². The number of ether oxygens (including phenoxy) is 1. The van der Waals surface area contributed by atoms with Gasteiger partial charge in [-0.1, -0.05) is 12.1 Å². The van der Waals surface area contributed by atoms with Crippen LogP contribution in [0, 0.1) is 0 Å². The minimum Gasteiger partial charge on any atom is -0.490 e. The van der Waals surface area contributed by atoms with Crippen LogP contribution < -0.4 is 15.0 Å². The molecule has 1 fully saturated rings. The maximum absolute atomic E-state index is 5.62. The van der Waals surface area contributed by atoms with Crippen molar-refractivity contribution in [1.82, 2.24) is 20.2 Å². The van der Waals surface area contributed by atoms with Gasteiger partial charge in [0.15, 0.2) is 17.5 Å². The van der Waals surface area contributed by atoms with E-state index in [4.69, 9.17) is 4.74 Å². The van der Waals surface area contributed by atoms with Crippen molar-refractivity contribution in [2.75, 3.05) is 30.4 Å². The van der Waals surface area contributed by atoms with Crippen molar-refractivity contribution < 1.29 is 4.74 Å². The molecular weight excluding hydrogens is 304 g/mol. The molecule has 1 aromatic carbocycles. The number of anilines is 3. The molecule has 0 atom stereocenters. The number of hydrogen-bond acceptors (Lipinski definition) is 6. The molecule has 0 unspecified atom stereocenters. The molecule has 3 aromatic rings. The molecular formula is C17H20N6O. The Hall–Kier alpha value is -2.83. The zero-order valence-corrected chi connectivity index (χ0v) is 13.6. The fraction of sp³-hybridized carbons (Fsp3) is 0.353. The fourth-order valence-electron chi connectivity index (χ4n) is 3.14. The third-order valence-electron chi connectivity index (χ3n) is 4.35. The summed E-state index contributed by atoms with van der Waals surface area (Å²) in [6, 6.07) is 7.97. The van der Waals surface area contributed by atoms with E-state index in [-0.39, 0.29) is 0 Å². The van der Waals surface area contributed by atoms with Crippen LogP contribution >= 0.6 is 0 Å². The quantitative estimate of drug-likeness (QED) is 0.768. The summed E-state index contributed by atoms with van der Waals surface area (Å²) in [5.41, 5.74) is 0.976. The number of rotatable bonds is 4. The number of hydrogen-bond donors (Lipinski definition) is 2. The molecule has 4 rings (SSSR count). The van der Waals surface area contributed by atoms with Crippen molar-refractivity contribution >= 4 is 28.4 Å². The molecule has 1 aliphatic heterocycles. The van der Waals surface area contributed by atoms with Gasteiger partial charge in [-0.05, 0) is 31.4 Å². The third-order valence-corrected chi connectivity index (χ3v) is 4.35. The summed E-state index contributed by atoms with van der Waals surface area (Å²) >= 11 is 0. The second-order valence-corrected chi connectivity index (χ2v) is 5.87. The SMILES string of the molecule is COc1c(Nc2n[nH]c3ccccc23)ncnc1N1CCCCC1. The van der Waals surface area contributed by atoms with Crippen LogP contribution in [0.5, 0.6) is 5.75 Å². The van der Waals surface area contributed by atoms with Gasteiger partial charge in [-0.2, -0.15) is 5.10 Å². The van der Waals surface area contributed by atoms with Crippen molar-refractivity contribution in [2.45, 2.75) is 19.3 Å². The molecule has 2 aromatic heterocycles. The van der Waals surface area contributed by atoms with Crippen molar-refractivity contribution in [3.8, 4) is 5.75 Å². The zero-order valence-electron chi connectivity index (χ0n) is 13.6. The van der Waals surface area contributed by atoms with Crippen LogP contribution in [-0.4, -0.2) is 40.4 Å². The average molecular weight is 324 g/mol. The maximum atomic E-state index is 5.62. The van der Waals surface area contributed by atoms with E-state index in [1.165, 1.54) is 19.3 Å². The summed E-state index contributed by atoms with van der Waals surface area (Å²) in [7, 11) is 1.65. The summed E-state index contributed by atoms with van der Waals surface area (Å²) in [5, 5.41) is 11.7. The van der Waals surface area contributed by atoms with Gasteiger partial charge in [-0.25, -0.2) is 9.97 Å². The highest BCUT2D eigenvalue weighted by atomic mass is 16.5. The van der Waals surface area contributed by atoms with E-state index in [1.807, 2.05) is 24.3 Å². The number of aromatic nitrogens is 4. The van der Waals surface area contributed by atoms with Crippen LogP contribution in [0.25, 0.3) is 10.9 Å². The minimum absolute atomic E-state index is 0.630. The van der Waals surface area contributed by atoms with Gasteiger partial charge in [-0.15, -0.1) is 0 Å². The first-order chi connectivity index (χ1) is 11.9. The Labute approximate surface area is 140 Å². The van der Waals surface area contributed by atoms with E-state index in [1.54, 1.807) is 13.4 Å². The Morgan fingerprint density at radius 2 is 1.92 bits per heavy atom. The lowest BCUT2D eigenvalue weighted by molar-refractivity contribution is 0.410. The van der Waals surface area contributed by atoms with Crippen molar-refractivity contribution in [3.63, 3.8) is 0 Å². The van der Waals surface area contributed by atoms with E-state index < -0.39 is 0 Å². The van der Waals surface area contributed by atoms with E-state index in [0.717, 1.165) is 35.6 Å². The van der Waals surface area contributed by atoms with Crippen LogP contribution in [-0.2, 0) is 0 Å². The van der Waals surface area contributed by atoms with Gasteiger partial charge >= 0.3 is 0 Å². The number of benzene rings is 1. The minimum atomic E-state index is 0.630. The summed E-state index contributed by atoms with van der Waals surface area (Å²) < 4.78 is 5.62. The second kappa shape index (κ2) is 6.35. The predicted molar refractivity (Wildman–Crippen MR) is 94.0 cm³/mol. The highest BCUT2D eigenvalue weighted by Crippen LogP contribution is 2.35. The third kappa shape index (κ3) is 2.62. The topological polar surface area (TPSA) is 79.0 Å². The van der Waals surface area contributed by atoms with Crippen LogP contribution in [0.1, 0.15) is 19.3 Å². The summed E-state index contributed by atoms with van der Waals surface area (Å²) in [6.45, 7) is 2.00. The zero-order chi connectivity index (χ0) is 16.4. The van der Waals surface area contributed by atoms with Crippen LogP contribution in [0.4, 0.5) is 17.5 Å². The Morgan fingerprint density at radius 3 is 2.75 bits per heavy atom. The standard InChI is InChI=1S/C17H20N6O/c1-24-14-16(18-11-19-17(14)23-9-5-2-6-10-23)20-15-12-7-3-4-8-13(12)21-22-15/h3-4,7-8,11H,2,5-6,9-10H2,1H3,(H2,18,19,20,21,22). The van der Waals surface area contributed by atoms with Crippen molar-refractivity contribution in [2.24, 2.45) is 0 Å². The van der Waals surface area contributed by atoms with Gasteiger partial charge in [-0.3, -0.25) is 5.10 Å². The Balaban J connectivity index is 1.70. The molecule has 1 saturated heterocycles. The highest BCUT2D eigenvalue weighted by molar-refractivity contribution is 5.91. The molecule has 1 aliphatic rings. The number of piperidine rings is 1. The lowest BCUT2D eigenvalue weighted by Gasteiger charge is -2.29. The molecule has 0 radical (unpaired) electrons. The maximum Gasteiger partial charge on any atom is 0.204 e. The molecule has 124 valence electrons. The molecule has 7 heteroatoms. The second-order valence-electron chi connectivity index (χ2n) is 5.87. The molecule has 0 saturated carbocycles. The van der Waals surface area contributed by atoms with Gasteiger partial charge in [0.25, 0.3) is 0 Å². The van der Waals surface area contributed by atoms with E-state index in [2.05, 4.69) is 30.4 Å². The first-order valence-corrected chi connectivity index (χ1v) is 8.21. The smallest absolute Gasteiger partial charge is 0.204 e. The van der Waals surface area contributed by atoms with E-state index >= 15 is 0 Å². The summed E-state index contributed by atoms with van der Waals surface area (Å²) in [4.78, 5) is 11.1. The van der Waals surface area contributed by atoms with E-state index in [9.17, 15) is 0 Å². The largest absolute Gasteiger partial charge is 0.490 e. The molecule has 0 bridgehead atoms. The molecule has 0 spiro atoms. The van der Waals surface area contributed by atoms with Gasteiger partial charge in [0.05, 0.1) is 12.6 Å². The Bertz CT molecular complexity index is 840. The van der Waals surface area contributed by atoms with Crippen LogP contribution in [0.3, 0.4) is 0 Å². The summed E-state index contributed by atoms with van der Waals surface area (Å²) in [5.74, 6) is 2.86. The monoisotopic (exact) mass is 324 g/mol. The van der Waals surface area contributed by atoms with Crippen LogP contribution in [0.2, 0.25) is 0 Å².